The van der Waals surface area contributed by atoms with Gasteiger partial charge in [-0.15, -0.1) is 11.6 Å². The van der Waals surface area contributed by atoms with Gasteiger partial charge < -0.3 is 5.11 Å². The third-order valence-corrected chi connectivity index (χ3v) is 3.47. The van der Waals surface area contributed by atoms with Crippen molar-refractivity contribution < 1.29 is 5.11 Å². The Morgan fingerprint density at radius 3 is 2.85 bits per heavy atom. The highest BCUT2D eigenvalue weighted by Crippen LogP contribution is 2.37. The molecule has 1 N–H and O–H groups in total. The van der Waals surface area contributed by atoms with E-state index in [9.17, 15) is 5.11 Å². The first-order valence-electron chi connectivity index (χ1n) is 3.68. The van der Waals surface area contributed by atoms with Crippen molar-refractivity contribution in [1.29, 1.82) is 0 Å². The first-order valence-corrected chi connectivity index (χ1v) is 5.41. The van der Waals surface area contributed by atoms with Crippen molar-refractivity contribution in [2.45, 2.75) is 5.88 Å². The van der Waals surface area contributed by atoms with E-state index in [0.29, 0.717) is 10.9 Å². The summed E-state index contributed by atoms with van der Waals surface area (Å²) >= 11 is 13.0. The van der Waals surface area contributed by atoms with E-state index < -0.39 is 0 Å². The Balaban J connectivity index is 2.83. The van der Waals surface area contributed by atoms with Gasteiger partial charge in [0.25, 0.3) is 0 Å². The summed E-state index contributed by atoms with van der Waals surface area (Å²) in [5, 5.41) is 11.1. The molecule has 68 valence electrons. The Kier molecular flexibility index (Phi) is 2.37. The molecule has 1 nitrogen and oxygen atoms in total. The maximum atomic E-state index is 9.32. The van der Waals surface area contributed by atoms with Crippen LogP contribution in [-0.4, -0.2) is 5.11 Å². The quantitative estimate of drug-likeness (QED) is 0.738. The van der Waals surface area contributed by atoms with Crippen LogP contribution in [0.1, 0.15) is 5.56 Å². The number of aromatic hydroxyl groups is 1. The summed E-state index contributed by atoms with van der Waals surface area (Å²) in [4.78, 5) is 0. The van der Waals surface area contributed by atoms with Gasteiger partial charge in [-0.05, 0) is 11.6 Å². The van der Waals surface area contributed by atoms with Gasteiger partial charge >= 0.3 is 0 Å². The summed E-state index contributed by atoms with van der Waals surface area (Å²) in [6.45, 7) is 0. The van der Waals surface area contributed by atoms with Crippen molar-refractivity contribution in [2.24, 2.45) is 0 Å². The molecule has 0 radical (unpaired) electrons. The molecule has 1 aromatic carbocycles. The van der Waals surface area contributed by atoms with Gasteiger partial charge in [-0.1, -0.05) is 29.0 Å². The van der Waals surface area contributed by atoms with Crippen molar-refractivity contribution in [3.8, 4) is 5.06 Å². The fourth-order valence-electron chi connectivity index (χ4n) is 1.24. The van der Waals surface area contributed by atoms with Crippen LogP contribution >= 0.6 is 34.5 Å². The van der Waals surface area contributed by atoms with E-state index in [-0.39, 0.29) is 5.06 Å². The molecule has 0 aliphatic rings. The Bertz CT molecular complexity index is 450. The lowest BCUT2D eigenvalue weighted by atomic mass is 10.2. The SMILES string of the molecule is Oc1cc2c(Cl)ccc(CCl)c2s1. The third kappa shape index (κ3) is 1.50. The van der Waals surface area contributed by atoms with Crippen LogP contribution in [0.3, 0.4) is 0 Å². The number of hydrogen-bond acceptors (Lipinski definition) is 2. The normalized spacial score (nSPS) is 10.9. The van der Waals surface area contributed by atoms with Crippen molar-refractivity contribution >= 4 is 44.6 Å². The fourth-order valence-corrected chi connectivity index (χ4v) is 2.74. The zero-order valence-electron chi connectivity index (χ0n) is 6.55. The summed E-state index contributed by atoms with van der Waals surface area (Å²) in [7, 11) is 0. The van der Waals surface area contributed by atoms with Gasteiger partial charge in [-0.3, -0.25) is 0 Å². The molecule has 0 bridgehead atoms. The number of halogens is 2. The molecule has 0 atom stereocenters. The number of alkyl halides is 1. The molecule has 13 heavy (non-hydrogen) atoms. The number of thiophene rings is 1. The van der Waals surface area contributed by atoms with E-state index >= 15 is 0 Å². The monoisotopic (exact) mass is 232 g/mol. The largest absolute Gasteiger partial charge is 0.499 e. The van der Waals surface area contributed by atoms with E-state index in [1.54, 1.807) is 12.1 Å². The summed E-state index contributed by atoms with van der Waals surface area (Å²) in [5.74, 6) is 0.438. The molecular weight excluding hydrogens is 227 g/mol. The second kappa shape index (κ2) is 3.37. The molecule has 1 heterocycles. The number of fused-ring (bicyclic) bond motifs is 1. The van der Waals surface area contributed by atoms with Crippen LogP contribution in [0.15, 0.2) is 18.2 Å². The van der Waals surface area contributed by atoms with E-state index in [1.807, 2.05) is 6.07 Å². The molecule has 4 heteroatoms. The van der Waals surface area contributed by atoms with Crippen molar-refractivity contribution in [1.82, 2.24) is 0 Å². The topological polar surface area (TPSA) is 20.2 Å². The molecule has 0 spiro atoms. The van der Waals surface area contributed by atoms with Crippen LogP contribution in [0.25, 0.3) is 10.1 Å². The fraction of sp³-hybridized carbons (Fsp3) is 0.111. The molecule has 0 amide bonds. The molecule has 0 fully saturated rings. The smallest absolute Gasteiger partial charge is 0.172 e. The van der Waals surface area contributed by atoms with Gasteiger partial charge in [0.1, 0.15) is 0 Å². The predicted octanol–water partition coefficient (Wildman–Crippen LogP) is 4.00. The maximum absolute atomic E-state index is 9.32. The Morgan fingerprint density at radius 2 is 2.15 bits per heavy atom. The Hall–Kier alpha value is -0.440. The van der Waals surface area contributed by atoms with Crippen molar-refractivity contribution in [2.75, 3.05) is 0 Å². The van der Waals surface area contributed by atoms with Gasteiger partial charge in [0.2, 0.25) is 0 Å². The molecule has 0 unspecified atom stereocenters. The minimum absolute atomic E-state index is 0.273. The van der Waals surface area contributed by atoms with E-state index in [2.05, 4.69) is 0 Å². The lowest BCUT2D eigenvalue weighted by molar-refractivity contribution is 0.491. The van der Waals surface area contributed by atoms with Crippen LogP contribution in [0.2, 0.25) is 5.02 Å². The van der Waals surface area contributed by atoms with Gasteiger partial charge in [-0.25, -0.2) is 0 Å². The molecule has 0 saturated carbocycles. The summed E-state index contributed by atoms with van der Waals surface area (Å²) in [5.41, 5.74) is 1.01. The lowest BCUT2D eigenvalue weighted by Gasteiger charge is -1.98. The van der Waals surface area contributed by atoms with E-state index in [0.717, 1.165) is 15.6 Å². The standard InChI is InChI=1S/C9H6Cl2OS/c10-4-5-1-2-7(11)6-3-8(12)13-9(5)6/h1-3,12H,4H2. The number of benzene rings is 1. The first kappa shape index (κ1) is 9.13. The highest BCUT2D eigenvalue weighted by molar-refractivity contribution is 7.21. The van der Waals surface area contributed by atoms with Gasteiger partial charge in [0.15, 0.2) is 5.06 Å². The summed E-state index contributed by atoms with van der Waals surface area (Å²) in [6, 6.07) is 5.35. The van der Waals surface area contributed by atoms with Crippen LogP contribution in [0.4, 0.5) is 0 Å². The molecular formula is C9H6Cl2OS. The lowest BCUT2D eigenvalue weighted by Crippen LogP contribution is -1.77. The van der Waals surface area contributed by atoms with Crippen LogP contribution in [0.5, 0.6) is 5.06 Å². The minimum atomic E-state index is 0.273. The van der Waals surface area contributed by atoms with Gasteiger partial charge in [0, 0.05) is 27.1 Å². The molecule has 1 aromatic heterocycles. The highest BCUT2D eigenvalue weighted by atomic mass is 35.5. The van der Waals surface area contributed by atoms with E-state index in [1.165, 1.54) is 11.3 Å². The number of hydrogen-bond donors (Lipinski definition) is 1. The van der Waals surface area contributed by atoms with Gasteiger partial charge in [0.05, 0.1) is 0 Å². The van der Waals surface area contributed by atoms with E-state index in [4.69, 9.17) is 23.2 Å². The highest BCUT2D eigenvalue weighted by Gasteiger charge is 2.08. The second-order valence-electron chi connectivity index (χ2n) is 2.67. The zero-order chi connectivity index (χ0) is 9.42. The summed E-state index contributed by atoms with van der Waals surface area (Å²) in [6.07, 6.45) is 0. The number of rotatable bonds is 1. The zero-order valence-corrected chi connectivity index (χ0v) is 8.88. The predicted molar refractivity (Wildman–Crippen MR) is 58.1 cm³/mol. The van der Waals surface area contributed by atoms with Gasteiger partial charge in [-0.2, -0.15) is 0 Å². The van der Waals surface area contributed by atoms with Crippen LogP contribution < -0.4 is 0 Å². The van der Waals surface area contributed by atoms with Crippen LogP contribution in [0, 0.1) is 0 Å². The Labute approximate surface area is 89.5 Å². The molecule has 2 rings (SSSR count). The second-order valence-corrected chi connectivity index (χ2v) is 4.37. The summed E-state index contributed by atoms with van der Waals surface area (Å²) < 4.78 is 0.972. The van der Waals surface area contributed by atoms with Crippen LogP contribution in [-0.2, 0) is 5.88 Å². The third-order valence-electron chi connectivity index (χ3n) is 1.84. The molecule has 0 aliphatic carbocycles. The molecule has 0 saturated heterocycles. The maximum Gasteiger partial charge on any atom is 0.172 e. The minimum Gasteiger partial charge on any atom is -0.499 e. The molecule has 2 aromatic rings. The first-order chi connectivity index (χ1) is 6.22. The average molecular weight is 233 g/mol. The Morgan fingerprint density at radius 1 is 1.38 bits per heavy atom. The van der Waals surface area contributed by atoms with Crippen molar-refractivity contribution in [3.63, 3.8) is 0 Å². The van der Waals surface area contributed by atoms with Crippen molar-refractivity contribution in [3.05, 3.63) is 28.8 Å². The average Bonchev–Trinajstić information content (AvgIpc) is 2.48. The molecule has 0 aliphatic heterocycles.